The van der Waals surface area contributed by atoms with Crippen molar-refractivity contribution in [2.45, 2.75) is 37.5 Å². The Balaban J connectivity index is 2.01. The number of esters is 1. The maximum Gasteiger partial charge on any atom is 0.305 e. The van der Waals surface area contributed by atoms with Gasteiger partial charge in [0.25, 0.3) is 15.9 Å². The van der Waals surface area contributed by atoms with Crippen molar-refractivity contribution >= 4 is 27.6 Å². The van der Waals surface area contributed by atoms with E-state index in [1.807, 2.05) is 6.07 Å². The van der Waals surface area contributed by atoms with Crippen LogP contribution >= 0.6 is 0 Å². The van der Waals surface area contributed by atoms with Gasteiger partial charge in [-0.3, -0.25) is 13.9 Å². The minimum absolute atomic E-state index is 0.0685. The Kier molecular flexibility index (Phi) is 8.86. The summed E-state index contributed by atoms with van der Waals surface area (Å²) in [6.07, 6.45) is 2.56. The van der Waals surface area contributed by atoms with Crippen molar-refractivity contribution < 1.29 is 22.7 Å². The van der Waals surface area contributed by atoms with Gasteiger partial charge in [0.05, 0.1) is 17.7 Å². The smallest absolute Gasteiger partial charge is 0.305 e. The SMILES string of the molecule is CCN(c1ccccc1)S(=O)(=O)c1cccc(C(=O)NCCCCCC(=O)OC)c1. The van der Waals surface area contributed by atoms with E-state index in [9.17, 15) is 18.0 Å². The topological polar surface area (TPSA) is 92.8 Å². The Morgan fingerprint density at radius 2 is 1.73 bits per heavy atom. The number of carbonyl (C=O) groups excluding carboxylic acids is 2. The molecule has 0 aromatic heterocycles. The normalized spacial score (nSPS) is 11.0. The van der Waals surface area contributed by atoms with Crippen molar-refractivity contribution in [3.05, 3.63) is 60.2 Å². The Hall–Kier alpha value is -2.87. The summed E-state index contributed by atoms with van der Waals surface area (Å²) in [5.74, 6) is -0.573. The van der Waals surface area contributed by atoms with E-state index < -0.39 is 10.0 Å². The van der Waals surface area contributed by atoms with Gasteiger partial charge in [-0.05, 0) is 50.1 Å². The Bertz CT molecular complexity index is 945. The number of para-hydroxylation sites is 1. The van der Waals surface area contributed by atoms with E-state index in [-0.39, 0.29) is 28.9 Å². The number of methoxy groups -OCH3 is 1. The molecule has 2 aromatic carbocycles. The second-order valence-electron chi connectivity index (χ2n) is 6.68. The van der Waals surface area contributed by atoms with Crippen LogP contribution in [0.4, 0.5) is 5.69 Å². The van der Waals surface area contributed by atoms with Crippen molar-refractivity contribution in [3.8, 4) is 0 Å². The van der Waals surface area contributed by atoms with Crippen molar-refractivity contribution in [2.24, 2.45) is 0 Å². The quantitative estimate of drug-likeness (QED) is 0.434. The van der Waals surface area contributed by atoms with Gasteiger partial charge in [-0.1, -0.05) is 30.7 Å². The van der Waals surface area contributed by atoms with Crippen molar-refractivity contribution in [1.29, 1.82) is 0 Å². The largest absolute Gasteiger partial charge is 0.469 e. The van der Waals surface area contributed by atoms with Crippen LogP contribution in [0, 0.1) is 0 Å². The zero-order chi connectivity index (χ0) is 22.0. The average molecular weight is 433 g/mol. The molecule has 7 nitrogen and oxygen atoms in total. The molecule has 0 saturated heterocycles. The highest BCUT2D eigenvalue weighted by atomic mass is 32.2. The molecule has 0 bridgehead atoms. The summed E-state index contributed by atoms with van der Waals surface area (Å²) in [5, 5.41) is 2.79. The summed E-state index contributed by atoms with van der Waals surface area (Å²) in [6.45, 7) is 2.48. The van der Waals surface area contributed by atoms with Gasteiger partial charge in [-0.25, -0.2) is 8.42 Å². The number of hydrogen-bond donors (Lipinski definition) is 1. The van der Waals surface area contributed by atoms with Gasteiger partial charge in [0.2, 0.25) is 0 Å². The first-order valence-corrected chi connectivity index (χ1v) is 11.4. The molecular weight excluding hydrogens is 404 g/mol. The standard InChI is InChI=1S/C22H28N2O5S/c1-3-24(19-12-6-4-7-13-19)30(27,28)20-14-10-11-18(17-20)22(26)23-16-9-5-8-15-21(25)29-2/h4,6-7,10-14,17H,3,5,8-9,15-16H2,1-2H3,(H,23,26). The van der Waals surface area contributed by atoms with E-state index in [1.165, 1.54) is 23.5 Å². The monoisotopic (exact) mass is 432 g/mol. The van der Waals surface area contributed by atoms with Gasteiger partial charge in [0.1, 0.15) is 0 Å². The third-order valence-electron chi connectivity index (χ3n) is 4.59. The molecule has 1 amide bonds. The van der Waals surface area contributed by atoms with Gasteiger partial charge in [-0.15, -0.1) is 0 Å². The minimum Gasteiger partial charge on any atom is -0.469 e. The van der Waals surface area contributed by atoms with Crippen LogP contribution in [0.1, 0.15) is 43.0 Å². The van der Waals surface area contributed by atoms with Gasteiger partial charge in [0.15, 0.2) is 0 Å². The summed E-state index contributed by atoms with van der Waals surface area (Å²) in [6, 6.07) is 14.9. The summed E-state index contributed by atoms with van der Waals surface area (Å²) in [4.78, 5) is 23.6. The number of rotatable bonds is 11. The van der Waals surface area contributed by atoms with Crippen LogP contribution in [-0.2, 0) is 19.6 Å². The van der Waals surface area contributed by atoms with Gasteiger partial charge in [-0.2, -0.15) is 0 Å². The molecule has 0 aliphatic carbocycles. The lowest BCUT2D eigenvalue weighted by molar-refractivity contribution is -0.140. The number of hydrogen-bond acceptors (Lipinski definition) is 5. The maximum atomic E-state index is 13.1. The highest BCUT2D eigenvalue weighted by Crippen LogP contribution is 2.23. The molecule has 2 aromatic rings. The maximum absolute atomic E-state index is 13.1. The van der Waals surface area contributed by atoms with Crippen LogP contribution in [0.5, 0.6) is 0 Å². The van der Waals surface area contributed by atoms with E-state index in [0.717, 1.165) is 12.8 Å². The summed E-state index contributed by atoms with van der Waals surface area (Å²) in [5.41, 5.74) is 0.858. The number of unbranched alkanes of at least 4 members (excludes halogenated alkanes) is 2. The number of nitrogens with one attached hydrogen (secondary N) is 1. The molecule has 162 valence electrons. The van der Waals surface area contributed by atoms with Crippen molar-refractivity contribution in [3.63, 3.8) is 0 Å². The molecule has 0 aliphatic heterocycles. The van der Waals surface area contributed by atoms with Crippen LogP contribution in [0.15, 0.2) is 59.5 Å². The second kappa shape index (κ2) is 11.3. The number of benzene rings is 2. The first-order chi connectivity index (χ1) is 14.4. The third kappa shape index (κ3) is 6.32. The molecule has 0 radical (unpaired) electrons. The first kappa shape index (κ1) is 23.4. The highest BCUT2D eigenvalue weighted by molar-refractivity contribution is 7.92. The molecule has 0 unspecified atom stereocenters. The lowest BCUT2D eigenvalue weighted by atomic mass is 10.2. The van der Waals surface area contributed by atoms with Crippen LogP contribution in [0.3, 0.4) is 0 Å². The number of carbonyl (C=O) groups is 2. The van der Waals surface area contributed by atoms with Crippen molar-refractivity contribution in [1.82, 2.24) is 5.32 Å². The van der Waals surface area contributed by atoms with E-state index in [4.69, 9.17) is 0 Å². The number of anilines is 1. The van der Waals surface area contributed by atoms with E-state index in [1.54, 1.807) is 43.3 Å². The lowest BCUT2D eigenvalue weighted by Crippen LogP contribution is -2.31. The summed E-state index contributed by atoms with van der Waals surface area (Å²) >= 11 is 0. The number of sulfonamides is 1. The number of nitrogens with zero attached hydrogens (tertiary/aromatic N) is 1. The number of amides is 1. The van der Waals surface area contributed by atoms with Gasteiger partial charge >= 0.3 is 5.97 Å². The molecule has 1 N–H and O–H groups in total. The molecule has 8 heteroatoms. The molecule has 30 heavy (non-hydrogen) atoms. The van der Waals surface area contributed by atoms with Crippen LogP contribution in [0.25, 0.3) is 0 Å². The Morgan fingerprint density at radius 1 is 1.00 bits per heavy atom. The summed E-state index contributed by atoms with van der Waals surface area (Å²) < 4.78 is 32.1. The molecule has 2 rings (SSSR count). The molecule has 0 atom stereocenters. The average Bonchev–Trinajstić information content (AvgIpc) is 2.76. The van der Waals surface area contributed by atoms with Gasteiger partial charge in [0, 0.05) is 25.1 Å². The fourth-order valence-corrected chi connectivity index (χ4v) is 4.51. The lowest BCUT2D eigenvalue weighted by Gasteiger charge is -2.23. The number of ether oxygens (including phenoxy) is 1. The van der Waals surface area contributed by atoms with Crippen LogP contribution in [0.2, 0.25) is 0 Å². The second-order valence-corrected chi connectivity index (χ2v) is 8.54. The van der Waals surface area contributed by atoms with E-state index >= 15 is 0 Å². The molecular formula is C22H28N2O5S. The predicted octanol–water partition coefficient (Wildman–Crippen LogP) is 3.37. The van der Waals surface area contributed by atoms with E-state index in [2.05, 4.69) is 10.1 Å². The third-order valence-corrected chi connectivity index (χ3v) is 6.49. The minimum atomic E-state index is -3.79. The first-order valence-electron chi connectivity index (χ1n) is 9.93. The van der Waals surface area contributed by atoms with Crippen molar-refractivity contribution in [2.75, 3.05) is 24.5 Å². The summed E-state index contributed by atoms with van der Waals surface area (Å²) in [7, 11) is -2.44. The zero-order valence-electron chi connectivity index (χ0n) is 17.3. The van der Waals surface area contributed by atoms with Crippen LogP contribution in [-0.4, -0.2) is 40.5 Å². The molecule has 0 aliphatic rings. The Morgan fingerprint density at radius 3 is 2.40 bits per heavy atom. The molecule has 0 fully saturated rings. The van der Waals surface area contributed by atoms with E-state index in [0.29, 0.717) is 25.1 Å². The Labute approximate surface area is 178 Å². The van der Waals surface area contributed by atoms with Gasteiger partial charge < -0.3 is 10.1 Å². The molecule has 0 heterocycles. The molecule has 0 saturated carbocycles. The zero-order valence-corrected chi connectivity index (χ0v) is 18.2. The fourth-order valence-electron chi connectivity index (χ4n) is 2.99. The fraction of sp³-hybridized carbons (Fsp3) is 0.364. The van der Waals surface area contributed by atoms with Crippen LogP contribution < -0.4 is 9.62 Å². The predicted molar refractivity (Wildman–Crippen MR) is 116 cm³/mol. The highest BCUT2D eigenvalue weighted by Gasteiger charge is 2.24. The molecule has 0 spiro atoms.